The Kier molecular flexibility index (Phi) is 5.81. The van der Waals surface area contributed by atoms with Crippen molar-refractivity contribution in [2.24, 2.45) is 0 Å². The van der Waals surface area contributed by atoms with Crippen molar-refractivity contribution in [2.45, 2.75) is 44.4 Å². The van der Waals surface area contributed by atoms with Crippen LogP contribution in [0, 0.1) is 19.3 Å². The standard InChI is InChI=1S/C19H24N2O2/c1-3-12-20-17(22)9-13-21-18(23)19(10-4-5-11-19)16-8-6-7-15(2)14-16/h1,6-8,14H,4-5,9-13H2,2H3,(H,20,22)(H,21,23). The minimum Gasteiger partial charge on any atom is -0.355 e. The predicted octanol–water partition coefficient (Wildman–Crippen LogP) is 2.06. The van der Waals surface area contributed by atoms with Gasteiger partial charge in [-0.05, 0) is 25.3 Å². The lowest BCUT2D eigenvalue weighted by Gasteiger charge is -2.28. The zero-order valence-electron chi connectivity index (χ0n) is 13.7. The molecule has 0 bridgehead atoms. The Morgan fingerprint density at radius 1 is 1.26 bits per heavy atom. The van der Waals surface area contributed by atoms with E-state index >= 15 is 0 Å². The monoisotopic (exact) mass is 312 g/mol. The molecule has 1 fully saturated rings. The lowest BCUT2D eigenvalue weighted by atomic mass is 9.77. The molecule has 0 aliphatic heterocycles. The number of carbonyl (C=O) groups is 2. The van der Waals surface area contributed by atoms with Crippen molar-refractivity contribution in [3.8, 4) is 12.3 Å². The van der Waals surface area contributed by atoms with Crippen LogP contribution in [0.2, 0.25) is 0 Å². The van der Waals surface area contributed by atoms with Crippen LogP contribution < -0.4 is 10.6 Å². The maximum Gasteiger partial charge on any atom is 0.230 e. The third kappa shape index (κ3) is 4.13. The van der Waals surface area contributed by atoms with Crippen molar-refractivity contribution in [1.29, 1.82) is 0 Å². The lowest BCUT2D eigenvalue weighted by Crippen LogP contribution is -2.43. The first-order valence-corrected chi connectivity index (χ1v) is 8.14. The first-order chi connectivity index (χ1) is 11.1. The van der Waals surface area contributed by atoms with Crippen LogP contribution >= 0.6 is 0 Å². The van der Waals surface area contributed by atoms with Gasteiger partial charge in [-0.15, -0.1) is 6.42 Å². The second-order valence-electron chi connectivity index (χ2n) is 6.15. The van der Waals surface area contributed by atoms with Crippen LogP contribution in [0.15, 0.2) is 24.3 Å². The summed E-state index contributed by atoms with van der Waals surface area (Å²) in [5, 5.41) is 5.54. The van der Waals surface area contributed by atoms with Crippen LogP contribution in [0.5, 0.6) is 0 Å². The molecule has 23 heavy (non-hydrogen) atoms. The highest BCUT2D eigenvalue weighted by Crippen LogP contribution is 2.41. The van der Waals surface area contributed by atoms with Gasteiger partial charge in [-0.3, -0.25) is 9.59 Å². The van der Waals surface area contributed by atoms with Gasteiger partial charge in [0.05, 0.1) is 12.0 Å². The van der Waals surface area contributed by atoms with Crippen molar-refractivity contribution in [1.82, 2.24) is 10.6 Å². The molecule has 1 aromatic rings. The largest absolute Gasteiger partial charge is 0.355 e. The van der Waals surface area contributed by atoms with Gasteiger partial charge < -0.3 is 10.6 Å². The Morgan fingerprint density at radius 2 is 2.00 bits per heavy atom. The second-order valence-corrected chi connectivity index (χ2v) is 6.15. The Hall–Kier alpha value is -2.28. The topological polar surface area (TPSA) is 58.2 Å². The molecule has 1 aliphatic rings. The van der Waals surface area contributed by atoms with Crippen LogP contribution in [0.1, 0.15) is 43.2 Å². The van der Waals surface area contributed by atoms with E-state index in [4.69, 9.17) is 6.42 Å². The zero-order valence-corrected chi connectivity index (χ0v) is 13.7. The van der Waals surface area contributed by atoms with E-state index in [1.54, 1.807) is 0 Å². The SMILES string of the molecule is C#CCNC(=O)CCNC(=O)C1(c2cccc(C)c2)CCCC1. The molecule has 2 rings (SSSR count). The molecule has 0 radical (unpaired) electrons. The number of carbonyl (C=O) groups excluding carboxylic acids is 2. The van der Waals surface area contributed by atoms with E-state index in [-0.39, 0.29) is 24.8 Å². The molecule has 0 aromatic heterocycles. The molecule has 122 valence electrons. The molecule has 0 unspecified atom stereocenters. The van der Waals surface area contributed by atoms with E-state index in [2.05, 4.69) is 22.6 Å². The quantitative estimate of drug-likeness (QED) is 0.790. The number of hydrogen-bond donors (Lipinski definition) is 2. The predicted molar refractivity (Wildman–Crippen MR) is 90.8 cm³/mol. The van der Waals surface area contributed by atoms with Crippen LogP contribution in [0.25, 0.3) is 0 Å². The molecular weight excluding hydrogens is 288 g/mol. The third-order valence-corrected chi connectivity index (χ3v) is 4.49. The second kappa shape index (κ2) is 7.82. The molecule has 1 saturated carbocycles. The smallest absolute Gasteiger partial charge is 0.230 e. The maximum atomic E-state index is 12.8. The molecule has 0 heterocycles. The van der Waals surface area contributed by atoms with E-state index < -0.39 is 5.41 Å². The Bertz CT molecular complexity index is 610. The summed E-state index contributed by atoms with van der Waals surface area (Å²) in [5.74, 6) is 2.25. The van der Waals surface area contributed by atoms with Gasteiger partial charge >= 0.3 is 0 Å². The number of aryl methyl sites for hydroxylation is 1. The average molecular weight is 312 g/mol. The summed E-state index contributed by atoms with van der Waals surface area (Å²) in [5.41, 5.74) is 1.81. The van der Waals surface area contributed by atoms with Gasteiger partial charge in [-0.25, -0.2) is 0 Å². The number of hydrogen-bond acceptors (Lipinski definition) is 2. The Labute approximate surface area is 138 Å². The maximum absolute atomic E-state index is 12.8. The first kappa shape index (κ1) is 17.1. The molecule has 0 atom stereocenters. The lowest BCUT2D eigenvalue weighted by molar-refractivity contribution is -0.126. The Morgan fingerprint density at radius 3 is 2.65 bits per heavy atom. The van der Waals surface area contributed by atoms with Crippen LogP contribution in [-0.2, 0) is 15.0 Å². The van der Waals surface area contributed by atoms with Gasteiger partial charge in [0.1, 0.15) is 0 Å². The fourth-order valence-corrected chi connectivity index (χ4v) is 3.26. The fraction of sp³-hybridized carbons (Fsp3) is 0.474. The average Bonchev–Trinajstić information content (AvgIpc) is 3.04. The fourth-order valence-electron chi connectivity index (χ4n) is 3.26. The molecule has 1 aliphatic carbocycles. The molecule has 2 amide bonds. The van der Waals surface area contributed by atoms with Crippen molar-refractivity contribution < 1.29 is 9.59 Å². The number of amides is 2. The summed E-state index contributed by atoms with van der Waals surface area (Å²) in [6.07, 6.45) is 9.20. The molecule has 0 spiro atoms. The molecule has 4 heteroatoms. The van der Waals surface area contributed by atoms with Crippen LogP contribution in [0.4, 0.5) is 0 Å². The summed E-state index contributed by atoms with van der Waals surface area (Å²) in [6, 6.07) is 8.19. The van der Waals surface area contributed by atoms with Crippen molar-refractivity contribution in [3.05, 3.63) is 35.4 Å². The van der Waals surface area contributed by atoms with Crippen LogP contribution in [0.3, 0.4) is 0 Å². The number of nitrogens with one attached hydrogen (secondary N) is 2. The first-order valence-electron chi connectivity index (χ1n) is 8.14. The highest BCUT2D eigenvalue weighted by Gasteiger charge is 2.42. The number of benzene rings is 1. The van der Waals surface area contributed by atoms with Gasteiger partial charge in [-0.1, -0.05) is 48.6 Å². The van der Waals surface area contributed by atoms with Crippen molar-refractivity contribution >= 4 is 11.8 Å². The highest BCUT2D eigenvalue weighted by atomic mass is 16.2. The molecule has 2 N–H and O–H groups in total. The molecule has 0 saturated heterocycles. The summed E-state index contributed by atoms with van der Waals surface area (Å²) in [4.78, 5) is 24.3. The van der Waals surface area contributed by atoms with E-state index in [0.29, 0.717) is 6.54 Å². The minimum absolute atomic E-state index is 0.0327. The van der Waals surface area contributed by atoms with Gasteiger partial charge in [0.15, 0.2) is 0 Å². The van der Waals surface area contributed by atoms with Gasteiger partial charge in [0.2, 0.25) is 11.8 Å². The summed E-state index contributed by atoms with van der Waals surface area (Å²) < 4.78 is 0. The van der Waals surface area contributed by atoms with Crippen molar-refractivity contribution in [3.63, 3.8) is 0 Å². The van der Waals surface area contributed by atoms with Crippen molar-refractivity contribution in [2.75, 3.05) is 13.1 Å². The molecular formula is C19H24N2O2. The summed E-state index contributed by atoms with van der Waals surface area (Å²) >= 11 is 0. The minimum atomic E-state index is -0.443. The van der Waals surface area contributed by atoms with E-state index in [1.165, 1.54) is 0 Å². The Balaban J connectivity index is 2.00. The zero-order chi connectivity index (χ0) is 16.7. The number of rotatable bonds is 6. The highest BCUT2D eigenvalue weighted by molar-refractivity contribution is 5.89. The van der Waals surface area contributed by atoms with E-state index in [1.807, 2.05) is 25.1 Å². The molecule has 1 aromatic carbocycles. The molecule has 4 nitrogen and oxygen atoms in total. The van der Waals surface area contributed by atoms with Gasteiger partial charge in [0.25, 0.3) is 0 Å². The van der Waals surface area contributed by atoms with Crippen LogP contribution in [-0.4, -0.2) is 24.9 Å². The van der Waals surface area contributed by atoms with E-state index in [0.717, 1.165) is 36.8 Å². The summed E-state index contributed by atoms with van der Waals surface area (Å²) in [7, 11) is 0. The summed E-state index contributed by atoms with van der Waals surface area (Å²) in [6.45, 7) is 2.60. The number of terminal acetylenes is 1. The van der Waals surface area contributed by atoms with Gasteiger partial charge in [0, 0.05) is 13.0 Å². The normalized spacial score (nSPS) is 15.7. The van der Waals surface area contributed by atoms with E-state index in [9.17, 15) is 9.59 Å². The third-order valence-electron chi connectivity index (χ3n) is 4.49. The van der Waals surface area contributed by atoms with Gasteiger partial charge in [-0.2, -0.15) is 0 Å².